The number of carbonyl (C=O) groups is 2. The monoisotopic (exact) mass is 340 g/mol. The van der Waals surface area contributed by atoms with Crippen molar-refractivity contribution in [3.05, 3.63) is 52.8 Å². The predicted molar refractivity (Wildman–Crippen MR) is 95.1 cm³/mol. The Labute approximate surface area is 147 Å². The van der Waals surface area contributed by atoms with E-state index in [1.54, 1.807) is 9.58 Å². The van der Waals surface area contributed by atoms with E-state index in [4.69, 9.17) is 0 Å². The third-order valence-electron chi connectivity index (χ3n) is 4.95. The van der Waals surface area contributed by atoms with Gasteiger partial charge in [-0.2, -0.15) is 5.10 Å². The minimum absolute atomic E-state index is 0.0682. The second-order valence-electron chi connectivity index (χ2n) is 6.54. The highest BCUT2D eigenvalue weighted by Crippen LogP contribution is 2.15. The predicted octanol–water partition coefficient (Wildman–Crippen LogP) is 1.38. The molecular formula is C19H24N4O2. The number of benzene rings is 1. The van der Waals surface area contributed by atoms with Crippen molar-refractivity contribution in [2.24, 2.45) is 0 Å². The van der Waals surface area contributed by atoms with Gasteiger partial charge in [0.05, 0.1) is 5.69 Å². The fourth-order valence-corrected chi connectivity index (χ4v) is 3.21. The number of aromatic nitrogens is 2. The van der Waals surface area contributed by atoms with Crippen LogP contribution in [0.5, 0.6) is 0 Å². The minimum atomic E-state index is -0.471. The van der Waals surface area contributed by atoms with E-state index in [1.807, 2.05) is 51.1 Å². The SMILES string of the molecule is Cc1nn(CC(=O)N2CCNC(=O)[C@@H]2Cc2ccccc2)c(C)c1C. The first-order valence-corrected chi connectivity index (χ1v) is 8.59. The molecule has 2 heterocycles. The third-order valence-corrected chi connectivity index (χ3v) is 4.95. The zero-order valence-electron chi connectivity index (χ0n) is 15.0. The first kappa shape index (κ1) is 17.2. The quantitative estimate of drug-likeness (QED) is 0.914. The molecule has 2 aromatic rings. The largest absolute Gasteiger partial charge is 0.353 e. The minimum Gasteiger partial charge on any atom is -0.353 e. The van der Waals surface area contributed by atoms with Crippen molar-refractivity contribution in [3.63, 3.8) is 0 Å². The molecule has 6 heteroatoms. The molecule has 0 radical (unpaired) electrons. The first-order chi connectivity index (χ1) is 12.0. The molecule has 25 heavy (non-hydrogen) atoms. The summed E-state index contributed by atoms with van der Waals surface area (Å²) in [6.45, 7) is 7.10. The van der Waals surface area contributed by atoms with Crippen LogP contribution in [0.4, 0.5) is 0 Å². The summed E-state index contributed by atoms with van der Waals surface area (Å²) in [5.74, 6) is -0.158. The normalized spacial score (nSPS) is 17.5. The Hall–Kier alpha value is -2.63. The number of nitrogens with one attached hydrogen (secondary N) is 1. The average molecular weight is 340 g/mol. The fraction of sp³-hybridized carbons (Fsp3) is 0.421. The maximum absolute atomic E-state index is 12.9. The number of nitrogens with zero attached hydrogens (tertiary/aromatic N) is 3. The number of hydrogen-bond acceptors (Lipinski definition) is 3. The van der Waals surface area contributed by atoms with E-state index in [2.05, 4.69) is 10.4 Å². The van der Waals surface area contributed by atoms with Crippen LogP contribution < -0.4 is 5.32 Å². The lowest BCUT2D eigenvalue weighted by Crippen LogP contribution is -2.58. The second-order valence-corrected chi connectivity index (χ2v) is 6.54. The van der Waals surface area contributed by atoms with Crippen molar-refractivity contribution in [1.82, 2.24) is 20.0 Å². The van der Waals surface area contributed by atoms with Crippen LogP contribution >= 0.6 is 0 Å². The molecule has 1 N–H and O–H groups in total. The van der Waals surface area contributed by atoms with Crippen LogP contribution in [-0.2, 0) is 22.6 Å². The molecule has 3 rings (SSSR count). The van der Waals surface area contributed by atoms with Crippen LogP contribution in [0.2, 0.25) is 0 Å². The van der Waals surface area contributed by atoms with Crippen molar-refractivity contribution in [3.8, 4) is 0 Å². The molecule has 1 aliphatic heterocycles. The maximum Gasteiger partial charge on any atom is 0.245 e. The fourth-order valence-electron chi connectivity index (χ4n) is 3.21. The van der Waals surface area contributed by atoms with Crippen LogP contribution in [0.1, 0.15) is 22.5 Å². The van der Waals surface area contributed by atoms with E-state index in [-0.39, 0.29) is 18.4 Å². The van der Waals surface area contributed by atoms with E-state index in [0.29, 0.717) is 19.5 Å². The average Bonchev–Trinajstić information content (AvgIpc) is 2.84. The first-order valence-electron chi connectivity index (χ1n) is 8.59. The van der Waals surface area contributed by atoms with Gasteiger partial charge in [-0.1, -0.05) is 30.3 Å². The highest BCUT2D eigenvalue weighted by Gasteiger charge is 2.33. The molecule has 1 aromatic carbocycles. The number of rotatable bonds is 4. The Morgan fingerprint density at radius 3 is 2.60 bits per heavy atom. The number of aryl methyl sites for hydroxylation is 1. The zero-order chi connectivity index (χ0) is 18.0. The van der Waals surface area contributed by atoms with E-state index in [9.17, 15) is 9.59 Å². The lowest BCUT2D eigenvalue weighted by molar-refractivity contribution is -0.143. The summed E-state index contributed by atoms with van der Waals surface area (Å²) in [6, 6.07) is 9.33. The van der Waals surface area contributed by atoms with Gasteiger partial charge >= 0.3 is 0 Å². The standard InChI is InChI=1S/C19H24N4O2/c1-13-14(2)21-23(15(13)3)12-18(24)22-10-9-20-19(25)17(22)11-16-7-5-4-6-8-16/h4-8,17H,9-12H2,1-3H3,(H,20,25)/t17-/m0/s1. The van der Waals surface area contributed by atoms with Crippen LogP contribution in [-0.4, -0.2) is 45.6 Å². The molecule has 1 saturated heterocycles. The number of hydrogen-bond donors (Lipinski definition) is 1. The molecule has 0 aliphatic carbocycles. The molecule has 1 aliphatic rings. The topological polar surface area (TPSA) is 67.2 Å². The molecule has 0 bridgehead atoms. The zero-order valence-corrected chi connectivity index (χ0v) is 15.0. The summed E-state index contributed by atoms with van der Waals surface area (Å²) in [4.78, 5) is 26.9. The van der Waals surface area contributed by atoms with Crippen molar-refractivity contribution >= 4 is 11.8 Å². The molecule has 1 fully saturated rings. The van der Waals surface area contributed by atoms with E-state index >= 15 is 0 Å². The van der Waals surface area contributed by atoms with E-state index < -0.39 is 6.04 Å². The Balaban J connectivity index is 1.78. The highest BCUT2D eigenvalue weighted by molar-refractivity contribution is 5.89. The van der Waals surface area contributed by atoms with Gasteiger partial charge in [-0.05, 0) is 31.9 Å². The number of carbonyl (C=O) groups excluding carboxylic acids is 2. The summed E-state index contributed by atoms with van der Waals surface area (Å²) in [7, 11) is 0. The van der Waals surface area contributed by atoms with Crippen LogP contribution in [0, 0.1) is 20.8 Å². The van der Waals surface area contributed by atoms with Gasteiger partial charge in [-0.25, -0.2) is 0 Å². The summed E-state index contributed by atoms with van der Waals surface area (Å²) < 4.78 is 1.74. The Morgan fingerprint density at radius 2 is 1.96 bits per heavy atom. The van der Waals surface area contributed by atoms with Gasteiger partial charge in [0, 0.05) is 25.2 Å². The number of amides is 2. The van der Waals surface area contributed by atoms with Gasteiger partial charge in [-0.15, -0.1) is 0 Å². The van der Waals surface area contributed by atoms with Crippen molar-refractivity contribution in [1.29, 1.82) is 0 Å². The highest BCUT2D eigenvalue weighted by atomic mass is 16.2. The Kier molecular flexibility index (Phi) is 4.88. The molecule has 1 atom stereocenters. The van der Waals surface area contributed by atoms with Crippen LogP contribution in [0.15, 0.2) is 30.3 Å². The molecule has 0 spiro atoms. The summed E-state index contributed by atoms with van der Waals surface area (Å²) in [6.07, 6.45) is 0.522. The lowest BCUT2D eigenvalue weighted by atomic mass is 10.0. The van der Waals surface area contributed by atoms with Gasteiger partial charge in [-0.3, -0.25) is 14.3 Å². The molecule has 2 amide bonds. The van der Waals surface area contributed by atoms with Gasteiger partial charge in [0.15, 0.2) is 0 Å². The van der Waals surface area contributed by atoms with Gasteiger partial charge < -0.3 is 10.2 Å². The Morgan fingerprint density at radius 1 is 1.24 bits per heavy atom. The summed E-state index contributed by atoms with van der Waals surface area (Å²) in [5.41, 5.74) is 4.07. The van der Waals surface area contributed by atoms with Crippen molar-refractivity contribution in [2.45, 2.75) is 39.8 Å². The van der Waals surface area contributed by atoms with Crippen LogP contribution in [0.3, 0.4) is 0 Å². The second kappa shape index (κ2) is 7.09. The molecule has 1 aromatic heterocycles. The lowest BCUT2D eigenvalue weighted by Gasteiger charge is -2.35. The van der Waals surface area contributed by atoms with Gasteiger partial charge in [0.2, 0.25) is 11.8 Å². The number of piperazine rings is 1. The molecule has 6 nitrogen and oxygen atoms in total. The van der Waals surface area contributed by atoms with Gasteiger partial charge in [0.1, 0.15) is 12.6 Å². The molecular weight excluding hydrogens is 316 g/mol. The van der Waals surface area contributed by atoms with E-state index in [1.165, 1.54) is 0 Å². The third kappa shape index (κ3) is 3.57. The maximum atomic E-state index is 12.9. The summed E-state index contributed by atoms with van der Waals surface area (Å²) >= 11 is 0. The Bertz CT molecular complexity index is 782. The summed E-state index contributed by atoms with van der Waals surface area (Å²) in [5, 5.41) is 7.31. The molecule has 0 unspecified atom stereocenters. The van der Waals surface area contributed by atoms with Crippen molar-refractivity contribution in [2.75, 3.05) is 13.1 Å². The van der Waals surface area contributed by atoms with Gasteiger partial charge in [0.25, 0.3) is 0 Å². The molecule has 0 saturated carbocycles. The van der Waals surface area contributed by atoms with E-state index in [0.717, 1.165) is 22.5 Å². The molecule has 132 valence electrons. The van der Waals surface area contributed by atoms with Crippen molar-refractivity contribution < 1.29 is 9.59 Å². The smallest absolute Gasteiger partial charge is 0.245 e. The van der Waals surface area contributed by atoms with Crippen LogP contribution in [0.25, 0.3) is 0 Å².